The second-order valence-electron chi connectivity index (χ2n) is 5.55. The van der Waals surface area contributed by atoms with Crippen LogP contribution in [0.5, 0.6) is 5.75 Å². The quantitative estimate of drug-likeness (QED) is 0.826. The van der Waals surface area contributed by atoms with Gasteiger partial charge in [-0.05, 0) is 36.2 Å². The summed E-state index contributed by atoms with van der Waals surface area (Å²) in [4.78, 5) is 0. The number of halogens is 1. The van der Waals surface area contributed by atoms with Crippen LogP contribution < -0.4 is 10.1 Å². The van der Waals surface area contributed by atoms with Crippen molar-refractivity contribution in [1.82, 2.24) is 5.32 Å². The summed E-state index contributed by atoms with van der Waals surface area (Å²) >= 11 is 0. The molecule has 2 aromatic carbocycles. The zero-order valence-electron chi connectivity index (χ0n) is 12.6. The maximum absolute atomic E-state index is 12.9. The van der Waals surface area contributed by atoms with Gasteiger partial charge in [-0.2, -0.15) is 0 Å². The minimum atomic E-state index is -0.225. The third-order valence-corrected chi connectivity index (χ3v) is 3.15. The Bertz CT molecular complexity index is 551. The molecule has 0 bridgehead atoms. The van der Waals surface area contributed by atoms with Crippen LogP contribution in [-0.2, 0) is 13.2 Å². The smallest absolute Gasteiger partial charge is 0.124 e. The van der Waals surface area contributed by atoms with Crippen LogP contribution in [0.15, 0.2) is 48.5 Å². The van der Waals surface area contributed by atoms with Gasteiger partial charge in [-0.1, -0.05) is 44.2 Å². The Morgan fingerprint density at radius 3 is 2.48 bits per heavy atom. The van der Waals surface area contributed by atoms with E-state index in [1.54, 1.807) is 12.1 Å². The highest BCUT2D eigenvalue weighted by Gasteiger charge is 2.04. The van der Waals surface area contributed by atoms with Crippen molar-refractivity contribution in [3.05, 3.63) is 65.5 Å². The van der Waals surface area contributed by atoms with Gasteiger partial charge in [0.15, 0.2) is 0 Å². The number of benzene rings is 2. The minimum Gasteiger partial charge on any atom is -0.489 e. The number of para-hydroxylation sites is 1. The number of ether oxygens (including phenoxy) is 1. The molecule has 1 N–H and O–H groups in total. The summed E-state index contributed by atoms with van der Waals surface area (Å²) in [6, 6.07) is 14.4. The Balaban J connectivity index is 1.94. The van der Waals surface area contributed by atoms with Crippen molar-refractivity contribution in [2.45, 2.75) is 27.0 Å². The van der Waals surface area contributed by atoms with Gasteiger partial charge >= 0.3 is 0 Å². The Kier molecular flexibility index (Phi) is 5.76. The lowest BCUT2D eigenvalue weighted by atomic mass is 10.1. The average molecular weight is 287 g/mol. The zero-order valence-corrected chi connectivity index (χ0v) is 12.6. The van der Waals surface area contributed by atoms with Gasteiger partial charge in [-0.25, -0.2) is 4.39 Å². The van der Waals surface area contributed by atoms with Gasteiger partial charge in [0.05, 0.1) is 0 Å². The summed E-state index contributed by atoms with van der Waals surface area (Å²) in [5.74, 6) is 1.27. The monoisotopic (exact) mass is 287 g/mol. The van der Waals surface area contributed by atoms with E-state index in [9.17, 15) is 4.39 Å². The van der Waals surface area contributed by atoms with Crippen LogP contribution in [0.3, 0.4) is 0 Å². The standard InChI is InChI=1S/C18H22FNO/c1-14(2)11-20-12-16-5-3-4-6-18(16)21-13-15-7-9-17(19)10-8-15/h3-10,14,20H,11-13H2,1-2H3. The minimum absolute atomic E-state index is 0.225. The van der Waals surface area contributed by atoms with E-state index >= 15 is 0 Å². The lowest BCUT2D eigenvalue weighted by Gasteiger charge is -2.13. The van der Waals surface area contributed by atoms with Gasteiger partial charge < -0.3 is 10.1 Å². The number of hydrogen-bond donors (Lipinski definition) is 1. The molecule has 21 heavy (non-hydrogen) atoms. The van der Waals surface area contributed by atoms with Crippen LogP contribution in [0.25, 0.3) is 0 Å². The number of hydrogen-bond acceptors (Lipinski definition) is 2. The highest BCUT2D eigenvalue weighted by molar-refractivity contribution is 5.33. The first-order valence-corrected chi connectivity index (χ1v) is 7.31. The first-order chi connectivity index (χ1) is 10.1. The molecule has 3 heteroatoms. The molecule has 2 nitrogen and oxygen atoms in total. The van der Waals surface area contributed by atoms with Crippen molar-refractivity contribution in [2.24, 2.45) is 5.92 Å². The molecule has 2 aromatic rings. The fourth-order valence-corrected chi connectivity index (χ4v) is 2.03. The average Bonchev–Trinajstić information content (AvgIpc) is 2.47. The molecular formula is C18H22FNO. The van der Waals surface area contributed by atoms with E-state index in [1.165, 1.54) is 12.1 Å². The summed E-state index contributed by atoms with van der Waals surface area (Å²) in [7, 11) is 0. The maximum atomic E-state index is 12.9. The van der Waals surface area contributed by atoms with Gasteiger partial charge in [-0.3, -0.25) is 0 Å². The summed E-state index contributed by atoms with van der Waals surface area (Å²) in [6.45, 7) is 6.58. The molecule has 0 atom stereocenters. The second kappa shape index (κ2) is 7.79. The lowest BCUT2D eigenvalue weighted by Crippen LogP contribution is -2.19. The molecule has 0 aliphatic carbocycles. The summed E-state index contributed by atoms with van der Waals surface area (Å²) < 4.78 is 18.7. The van der Waals surface area contributed by atoms with E-state index in [0.29, 0.717) is 12.5 Å². The van der Waals surface area contributed by atoms with Crippen LogP contribution in [-0.4, -0.2) is 6.54 Å². The molecule has 0 heterocycles. The first kappa shape index (κ1) is 15.5. The molecular weight excluding hydrogens is 265 g/mol. The van der Waals surface area contributed by atoms with E-state index in [2.05, 4.69) is 25.2 Å². The molecule has 112 valence electrons. The lowest BCUT2D eigenvalue weighted by molar-refractivity contribution is 0.301. The zero-order chi connectivity index (χ0) is 15.1. The van der Waals surface area contributed by atoms with Gasteiger partial charge in [0, 0.05) is 12.1 Å². The Labute approximate surface area is 126 Å². The molecule has 0 amide bonds. The predicted octanol–water partition coefficient (Wildman–Crippen LogP) is 4.15. The number of nitrogens with one attached hydrogen (secondary N) is 1. The van der Waals surface area contributed by atoms with E-state index in [-0.39, 0.29) is 5.82 Å². The topological polar surface area (TPSA) is 21.3 Å². The maximum Gasteiger partial charge on any atom is 0.124 e. The van der Waals surface area contributed by atoms with Crippen molar-refractivity contribution in [3.63, 3.8) is 0 Å². The van der Waals surface area contributed by atoms with Crippen LogP contribution in [0.2, 0.25) is 0 Å². The highest BCUT2D eigenvalue weighted by Crippen LogP contribution is 2.19. The highest BCUT2D eigenvalue weighted by atomic mass is 19.1. The summed E-state index contributed by atoms with van der Waals surface area (Å²) in [6.07, 6.45) is 0. The van der Waals surface area contributed by atoms with Crippen molar-refractivity contribution < 1.29 is 9.13 Å². The molecule has 0 fully saturated rings. The molecule has 0 saturated heterocycles. The van der Waals surface area contributed by atoms with Gasteiger partial charge in [0.1, 0.15) is 18.2 Å². The molecule has 0 radical (unpaired) electrons. The SMILES string of the molecule is CC(C)CNCc1ccccc1OCc1ccc(F)cc1. The molecule has 0 aliphatic rings. The van der Waals surface area contributed by atoms with Gasteiger partial charge in [0.2, 0.25) is 0 Å². The third kappa shape index (κ3) is 5.20. The Hall–Kier alpha value is -1.87. The molecule has 0 unspecified atom stereocenters. The molecule has 0 spiro atoms. The van der Waals surface area contributed by atoms with Crippen LogP contribution in [0, 0.1) is 11.7 Å². The Morgan fingerprint density at radius 1 is 1.05 bits per heavy atom. The second-order valence-corrected chi connectivity index (χ2v) is 5.55. The van der Waals surface area contributed by atoms with Crippen LogP contribution in [0.4, 0.5) is 4.39 Å². The van der Waals surface area contributed by atoms with E-state index in [0.717, 1.165) is 30.0 Å². The predicted molar refractivity (Wildman–Crippen MR) is 83.7 cm³/mol. The third-order valence-electron chi connectivity index (χ3n) is 3.15. The summed E-state index contributed by atoms with van der Waals surface area (Å²) in [5.41, 5.74) is 2.10. The van der Waals surface area contributed by atoms with Gasteiger partial charge in [0.25, 0.3) is 0 Å². The molecule has 0 saturated carbocycles. The van der Waals surface area contributed by atoms with Crippen LogP contribution >= 0.6 is 0 Å². The van der Waals surface area contributed by atoms with E-state index in [4.69, 9.17) is 4.74 Å². The van der Waals surface area contributed by atoms with Crippen molar-refractivity contribution in [1.29, 1.82) is 0 Å². The Morgan fingerprint density at radius 2 is 1.76 bits per heavy atom. The largest absolute Gasteiger partial charge is 0.489 e. The summed E-state index contributed by atoms with van der Waals surface area (Å²) in [5, 5.41) is 3.42. The molecule has 0 aromatic heterocycles. The first-order valence-electron chi connectivity index (χ1n) is 7.31. The van der Waals surface area contributed by atoms with Crippen molar-refractivity contribution in [2.75, 3.05) is 6.54 Å². The van der Waals surface area contributed by atoms with Gasteiger partial charge in [-0.15, -0.1) is 0 Å². The van der Waals surface area contributed by atoms with E-state index in [1.807, 2.05) is 18.2 Å². The van der Waals surface area contributed by atoms with Crippen molar-refractivity contribution in [3.8, 4) is 5.75 Å². The fourth-order valence-electron chi connectivity index (χ4n) is 2.03. The fraction of sp³-hybridized carbons (Fsp3) is 0.333. The molecule has 2 rings (SSSR count). The normalized spacial score (nSPS) is 10.9. The molecule has 0 aliphatic heterocycles. The number of rotatable bonds is 7. The van der Waals surface area contributed by atoms with Crippen LogP contribution in [0.1, 0.15) is 25.0 Å². The van der Waals surface area contributed by atoms with Crippen molar-refractivity contribution >= 4 is 0 Å². The van der Waals surface area contributed by atoms with E-state index < -0.39 is 0 Å².